The number of carboxylic acid groups (broad SMARTS) is 1. The van der Waals surface area contributed by atoms with E-state index in [9.17, 15) is 18.0 Å². The largest absolute Gasteiger partial charge is 0.480 e. The number of sulfonamides is 1. The number of aliphatic carboxylic acids is 1. The van der Waals surface area contributed by atoms with Gasteiger partial charge in [-0.1, -0.05) is 13.8 Å². The summed E-state index contributed by atoms with van der Waals surface area (Å²) < 4.78 is 30.4. The first kappa shape index (κ1) is 18.2. The number of rotatable bonds is 7. The van der Waals surface area contributed by atoms with Crippen molar-refractivity contribution in [2.24, 2.45) is 5.92 Å². The predicted molar refractivity (Wildman–Crippen MR) is 78.0 cm³/mol. The first-order chi connectivity index (χ1) is 10.1. The Morgan fingerprint density at radius 3 is 2.41 bits per heavy atom. The van der Waals surface area contributed by atoms with Gasteiger partial charge in [-0.15, -0.1) is 0 Å². The SMILES string of the molecule is CNS(=O)(=O)c1cc(C(=O)N[C@H](CC(C)C)C(=O)O)c(C)o1. The molecule has 0 saturated carbocycles. The smallest absolute Gasteiger partial charge is 0.326 e. The van der Waals surface area contributed by atoms with Crippen molar-refractivity contribution in [1.29, 1.82) is 0 Å². The van der Waals surface area contributed by atoms with Crippen molar-refractivity contribution in [1.82, 2.24) is 10.0 Å². The van der Waals surface area contributed by atoms with Crippen LogP contribution in [0.3, 0.4) is 0 Å². The lowest BCUT2D eigenvalue weighted by atomic mass is 10.0. The van der Waals surface area contributed by atoms with E-state index < -0.39 is 33.0 Å². The van der Waals surface area contributed by atoms with E-state index in [4.69, 9.17) is 9.52 Å². The minimum absolute atomic E-state index is 0.0103. The highest BCUT2D eigenvalue weighted by Gasteiger charge is 2.26. The predicted octanol–water partition coefficient (Wildman–Crippen LogP) is 0.725. The van der Waals surface area contributed by atoms with Gasteiger partial charge in [-0.05, 0) is 26.3 Å². The highest BCUT2D eigenvalue weighted by molar-refractivity contribution is 7.89. The molecule has 1 aromatic heterocycles. The lowest BCUT2D eigenvalue weighted by molar-refractivity contribution is -0.139. The van der Waals surface area contributed by atoms with Crippen LogP contribution in [0.2, 0.25) is 0 Å². The zero-order valence-corrected chi connectivity index (χ0v) is 13.7. The fraction of sp³-hybridized carbons (Fsp3) is 0.538. The molecule has 0 unspecified atom stereocenters. The Kier molecular flexibility index (Phi) is 5.72. The number of amides is 1. The van der Waals surface area contributed by atoms with Gasteiger partial charge in [0.25, 0.3) is 15.9 Å². The first-order valence-corrected chi connectivity index (χ1v) is 8.14. The summed E-state index contributed by atoms with van der Waals surface area (Å²) in [5, 5.41) is 11.1. The molecule has 0 fully saturated rings. The van der Waals surface area contributed by atoms with Gasteiger partial charge in [0, 0.05) is 6.07 Å². The molecule has 1 aromatic rings. The molecule has 0 spiro atoms. The van der Waals surface area contributed by atoms with Crippen LogP contribution in [0.4, 0.5) is 0 Å². The van der Waals surface area contributed by atoms with Crippen LogP contribution in [0.5, 0.6) is 0 Å². The van der Waals surface area contributed by atoms with E-state index in [1.165, 1.54) is 14.0 Å². The number of furan rings is 1. The molecule has 0 aliphatic rings. The second-order valence-electron chi connectivity index (χ2n) is 5.24. The Labute approximate surface area is 128 Å². The topological polar surface area (TPSA) is 126 Å². The van der Waals surface area contributed by atoms with Crippen molar-refractivity contribution < 1.29 is 27.5 Å². The van der Waals surface area contributed by atoms with Crippen LogP contribution in [0.15, 0.2) is 15.6 Å². The number of hydrogen-bond donors (Lipinski definition) is 3. The highest BCUT2D eigenvalue weighted by Crippen LogP contribution is 2.19. The summed E-state index contributed by atoms with van der Waals surface area (Å²) in [6.07, 6.45) is 0.264. The maximum Gasteiger partial charge on any atom is 0.326 e. The van der Waals surface area contributed by atoms with Crippen molar-refractivity contribution in [2.45, 2.75) is 38.3 Å². The molecular formula is C13H20N2O6S. The molecule has 0 aliphatic carbocycles. The standard InChI is InChI=1S/C13H20N2O6S/c1-7(2)5-10(13(17)18)15-12(16)9-6-11(21-8(9)3)22(19,20)14-4/h6-7,10,14H,5H2,1-4H3,(H,15,16)(H,17,18)/t10-/m1/s1. The summed E-state index contributed by atoms with van der Waals surface area (Å²) in [5.41, 5.74) is -0.0103. The van der Waals surface area contributed by atoms with E-state index in [2.05, 4.69) is 10.0 Å². The van der Waals surface area contributed by atoms with Gasteiger partial charge in [0.15, 0.2) is 0 Å². The third-order valence-electron chi connectivity index (χ3n) is 2.98. The number of carbonyl (C=O) groups excluding carboxylic acids is 1. The van der Waals surface area contributed by atoms with Gasteiger partial charge in [0.2, 0.25) is 5.09 Å². The van der Waals surface area contributed by atoms with Crippen LogP contribution < -0.4 is 10.0 Å². The maximum absolute atomic E-state index is 12.1. The van der Waals surface area contributed by atoms with E-state index in [1.807, 2.05) is 13.8 Å². The van der Waals surface area contributed by atoms with Crippen molar-refractivity contribution in [3.8, 4) is 0 Å². The number of carboxylic acids is 1. The molecule has 0 saturated heterocycles. The lowest BCUT2D eigenvalue weighted by Gasteiger charge is -2.16. The number of hydrogen-bond acceptors (Lipinski definition) is 5. The van der Waals surface area contributed by atoms with Crippen molar-refractivity contribution in [3.63, 3.8) is 0 Å². The third kappa shape index (κ3) is 4.31. The zero-order valence-electron chi connectivity index (χ0n) is 12.8. The lowest BCUT2D eigenvalue weighted by Crippen LogP contribution is -2.41. The van der Waals surface area contributed by atoms with Crippen molar-refractivity contribution in [2.75, 3.05) is 7.05 Å². The minimum atomic E-state index is -3.81. The maximum atomic E-state index is 12.1. The first-order valence-electron chi connectivity index (χ1n) is 6.66. The Morgan fingerprint density at radius 1 is 1.36 bits per heavy atom. The normalized spacial score (nSPS) is 13.1. The van der Waals surface area contributed by atoms with Crippen LogP contribution in [-0.2, 0) is 14.8 Å². The second-order valence-corrected chi connectivity index (χ2v) is 7.05. The molecular weight excluding hydrogens is 312 g/mol. The molecule has 1 rings (SSSR count). The summed E-state index contributed by atoms with van der Waals surface area (Å²) in [7, 11) is -2.59. The Bertz CT molecular complexity index is 662. The average Bonchev–Trinajstić information content (AvgIpc) is 2.80. The molecule has 0 radical (unpaired) electrons. The summed E-state index contributed by atoms with van der Waals surface area (Å²) in [5.74, 6) is -1.66. The van der Waals surface area contributed by atoms with Crippen LogP contribution in [0.25, 0.3) is 0 Å². The van der Waals surface area contributed by atoms with E-state index in [1.54, 1.807) is 0 Å². The summed E-state index contributed by atoms with van der Waals surface area (Å²) in [4.78, 5) is 23.3. The minimum Gasteiger partial charge on any atom is -0.480 e. The fourth-order valence-electron chi connectivity index (χ4n) is 1.84. The Hall–Kier alpha value is -1.87. The van der Waals surface area contributed by atoms with Crippen LogP contribution in [0.1, 0.15) is 36.4 Å². The molecule has 8 nitrogen and oxygen atoms in total. The van der Waals surface area contributed by atoms with Gasteiger partial charge in [-0.25, -0.2) is 17.9 Å². The monoisotopic (exact) mass is 332 g/mol. The summed E-state index contributed by atoms with van der Waals surface area (Å²) in [6.45, 7) is 5.10. The third-order valence-corrected chi connectivity index (χ3v) is 4.25. The van der Waals surface area contributed by atoms with Crippen LogP contribution in [-0.4, -0.2) is 38.5 Å². The molecule has 9 heteroatoms. The fourth-order valence-corrected chi connectivity index (χ4v) is 2.55. The molecule has 1 heterocycles. The number of nitrogens with one attached hydrogen (secondary N) is 2. The van der Waals surface area contributed by atoms with E-state index in [0.29, 0.717) is 0 Å². The van der Waals surface area contributed by atoms with E-state index in [-0.39, 0.29) is 23.7 Å². The Morgan fingerprint density at radius 2 is 1.95 bits per heavy atom. The Balaban J connectivity index is 3.01. The molecule has 1 atom stereocenters. The number of aryl methyl sites for hydroxylation is 1. The van der Waals surface area contributed by atoms with Gasteiger partial charge < -0.3 is 14.8 Å². The van der Waals surface area contributed by atoms with Gasteiger partial charge in [-0.3, -0.25) is 4.79 Å². The van der Waals surface area contributed by atoms with Crippen molar-refractivity contribution >= 4 is 21.9 Å². The zero-order chi connectivity index (χ0) is 17.1. The van der Waals surface area contributed by atoms with Crippen LogP contribution in [0, 0.1) is 12.8 Å². The molecule has 0 aromatic carbocycles. The second kappa shape index (κ2) is 6.93. The average molecular weight is 332 g/mol. The van der Waals surface area contributed by atoms with Crippen LogP contribution >= 0.6 is 0 Å². The highest BCUT2D eigenvalue weighted by atomic mass is 32.2. The molecule has 0 bridgehead atoms. The van der Waals surface area contributed by atoms with Gasteiger partial charge in [-0.2, -0.15) is 0 Å². The number of carbonyl (C=O) groups is 2. The summed E-state index contributed by atoms with van der Waals surface area (Å²) in [6, 6.07) is 0.0243. The molecule has 124 valence electrons. The van der Waals surface area contributed by atoms with Gasteiger partial charge >= 0.3 is 5.97 Å². The van der Waals surface area contributed by atoms with Crippen molar-refractivity contribution in [3.05, 3.63) is 17.4 Å². The van der Waals surface area contributed by atoms with E-state index in [0.717, 1.165) is 6.07 Å². The molecule has 1 amide bonds. The quantitative estimate of drug-likeness (QED) is 0.675. The summed E-state index contributed by atoms with van der Waals surface area (Å²) >= 11 is 0. The molecule has 3 N–H and O–H groups in total. The van der Waals surface area contributed by atoms with Gasteiger partial charge in [0.1, 0.15) is 11.8 Å². The molecule has 22 heavy (non-hydrogen) atoms. The van der Waals surface area contributed by atoms with Gasteiger partial charge in [0.05, 0.1) is 5.56 Å². The molecule has 0 aliphatic heterocycles. The van der Waals surface area contributed by atoms with E-state index >= 15 is 0 Å².